The van der Waals surface area contributed by atoms with E-state index >= 15 is 0 Å². The predicted octanol–water partition coefficient (Wildman–Crippen LogP) is 3.83. The summed E-state index contributed by atoms with van der Waals surface area (Å²) in [5.41, 5.74) is 8.63. The van der Waals surface area contributed by atoms with Gasteiger partial charge in [-0.2, -0.15) is 5.26 Å². The quantitative estimate of drug-likeness (QED) is 0.792. The molecule has 0 radical (unpaired) electrons. The molecule has 1 aromatic heterocycles. The van der Waals surface area contributed by atoms with Crippen molar-refractivity contribution in [3.8, 4) is 11.9 Å². The summed E-state index contributed by atoms with van der Waals surface area (Å²) in [6.07, 6.45) is 3.14. The standard InChI is InChI=1S/C23H30N4O/c1-17(25)10-13-27-14-11-21(12-15-27)23(20-8-6-19(16-24)7-9-20)28-22-5-3-4-18(2)26-22/h3-9,17,21,23H,10-15,25H2,1-2H3. The lowest BCUT2D eigenvalue weighted by molar-refractivity contribution is 0.0722. The van der Waals surface area contributed by atoms with Crippen LogP contribution < -0.4 is 10.5 Å². The van der Waals surface area contributed by atoms with Crippen LogP contribution in [-0.2, 0) is 0 Å². The minimum absolute atomic E-state index is 0.0578. The lowest BCUT2D eigenvalue weighted by atomic mass is 9.87. The van der Waals surface area contributed by atoms with Gasteiger partial charge in [-0.25, -0.2) is 4.98 Å². The maximum absolute atomic E-state index is 9.09. The summed E-state index contributed by atoms with van der Waals surface area (Å²) in [7, 11) is 0. The van der Waals surface area contributed by atoms with Crippen LogP contribution in [0.2, 0.25) is 0 Å². The number of aryl methyl sites for hydroxylation is 1. The van der Waals surface area contributed by atoms with Crippen LogP contribution >= 0.6 is 0 Å². The van der Waals surface area contributed by atoms with Crippen molar-refractivity contribution in [2.45, 2.75) is 45.3 Å². The molecule has 1 aromatic carbocycles. The third-order valence-electron chi connectivity index (χ3n) is 5.44. The third-order valence-corrected chi connectivity index (χ3v) is 5.44. The Bertz CT molecular complexity index is 789. The summed E-state index contributed by atoms with van der Waals surface area (Å²) in [6, 6.07) is 16.1. The number of nitriles is 1. The zero-order chi connectivity index (χ0) is 19.9. The van der Waals surface area contributed by atoms with Gasteiger partial charge in [-0.3, -0.25) is 0 Å². The Morgan fingerprint density at radius 3 is 2.54 bits per heavy atom. The van der Waals surface area contributed by atoms with E-state index in [1.165, 1.54) is 0 Å². The monoisotopic (exact) mass is 378 g/mol. The predicted molar refractivity (Wildman–Crippen MR) is 111 cm³/mol. The first-order valence-corrected chi connectivity index (χ1v) is 10.1. The summed E-state index contributed by atoms with van der Waals surface area (Å²) in [5.74, 6) is 1.08. The number of nitrogens with zero attached hydrogens (tertiary/aromatic N) is 3. The Balaban J connectivity index is 1.74. The number of hydrogen-bond donors (Lipinski definition) is 1. The lowest BCUT2D eigenvalue weighted by Crippen LogP contribution is -2.38. The van der Waals surface area contributed by atoms with E-state index in [2.05, 4.69) is 22.9 Å². The van der Waals surface area contributed by atoms with Crippen LogP contribution in [0.1, 0.15) is 49.1 Å². The van der Waals surface area contributed by atoms with Gasteiger partial charge in [0.25, 0.3) is 0 Å². The van der Waals surface area contributed by atoms with Crippen molar-refractivity contribution in [3.05, 3.63) is 59.3 Å². The molecule has 2 N–H and O–H groups in total. The van der Waals surface area contributed by atoms with Gasteiger partial charge in [0.2, 0.25) is 5.88 Å². The van der Waals surface area contributed by atoms with E-state index in [1.54, 1.807) is 0 Å². The molecule has 1 fully saturated rings. The SMILES string of the molecule is Cc1cccc(OC(c2ccc(C#N)cc2)C2CCN(CCC(C)N)CC2)n1. The third kappa shape index (κ3) is 5.54. The van der Waals surface area contributed by atoms with Crippen molar-refractivity contribution < 1.29 is 4.74 Å². The number of rotatable bonds is 7. The molecule has 2 aromatic rings. The summed E-state index contributed by atoms with van der Waals surface area (Å²) >= 11 is 0. The van der Waals surface area contributed by atoms with Crippen molar-refractivity contribution in [2.24, 2.45) is 11.7 Å². The Labute approximate surface area is 168 Å². The molecule has 1 aliphatic heterocycles. The molecule has 0 bridgehead atoms. The van der Waals surface area contributed by atoms with Gasteiger partial charge >= 0.3 is 0 Å². The van der Waals surface area contributed by atoms with Crippen LogP contribution in [-0.4, -0.2) is 35.6 Å². The highest BCUT2D eigenvalue weighted by Crippen LogP contribution is 2.34. The van der Waals surface area contributed by atoms with E-state index in [4.69, 9.17) is 15.7 Å². The highest BCUT2D eigenvalue weighted by molar-refractivity contribution is 5.33. The Kier molecular flexibility index (Phi) is 7.02. The molecule has 2 atom stereocenters. The van der Waals surface area contributed by atoms with Gasteiger partial charge < -0.3 is 15.4 Å². The maximum Gasteiger partial charge on any atom is 0.214 e. The topological polar surface area (TPSA) is 75.2 Å². The fraction of sp³-hybridized carbons (Fsp3) is 0.478. The van der Waals surface area contributed by atoms with Crippen molar-refractivity contribution in [3.63, 3.8) is 0 Å². The molecular weight excluding hydrogens is 348 g/mol. The smallest absolute Gasteiger partial charge is 0.214 e. The number of likely N-dealkylation sites (tertiary alicyclic amines) is 1. The molecule has 0 aliphatic carbocycles. The van der Waals surface area contributed by atoms with Crippen molar-refractivity contribution in [1.82, 2.24) is 9.88 Å². The van der Waals surface area contributed by atoms with E-state index in [0.29, 0.717) is 17.4 Å². The molecule has 1 saturated heterocycles. The molecule has 2 heterocycles. The normalized spacial score (nSPS) is 17.6. The number of nitrogens with two attached hydrogens (primary N) is 1. The number of aromatic nitrogens is 1. The van der Waals surface area contributed by atoms with Gasteiger partial charge in [0, 0.05) is 23.7 Å². The zero-order valence-corrected chi connectivity index (χ0v) is 16.8. The van der Waals surface area contributed by atoms with Crippen LogP contribution in [0.5, 0.6) is 5.88 Å². The van der Waals surface area contributed by atoms with Crippen LogP contribution in [0.3, 0.4) is 0 Å². The average Bonchev–Trinajstić information content (AvgIpc) is 2.71. The molecule has 0 saturated carbocycles. The Morgan fingerprint density at radius 2 is 1.93 bits per heavy atom. The van der Waals surface area contributed by atoms with E-state index in [1.807, 2.05) is 49.4 Å². The van der Waals surface area contributed by atoms with Gasteiger partial charge in [-0.05, 0) is 76.5 Å². The van der Waals surface area contributed by atoms with Gasteiger partial charge in [-0.15, -0.1) is 0 Å². The van der Waals surface area contributed by atoms with E-state index in [9.17, 15) is 0 Å². The first-order chi connectivity index (χ1) is 13.5. The maximum atomic E-state index is 9.09. The number of ether oxygens (including phenoxy) is 1. The van der Waals surface area contributed by atoms with Gasteiger partial charge in [0.05, 0.1) is 11.6 Å². The molecule has 1 aliphatic rings. The largest absolute Gasteiger partial charge is 0.469 e. The van der Waals surface area contributed by atoms with Gasteiger partial charge in [0.15, 0.2) is 0 Å². The van der Waals surface area contributed by atoms with Gasteiger partial charge in [0.1, 0.15) is 6.10 Å². The summed E-state index contributed by atoms with van der Waals surface area (Å²) in [5, 5.41) is 9.09. The molecule has 2 unspecified atom stereocenters. The molecule has 0 amide bonds. The fourth-order valence-corrected chi connectivity index (χ4v) is 3.76. The zero-order valence-electron chi connectivity index (χ0n) is 16.8. The van der Waals surface area contributed by atoms with E-state index in [-0.39, 0.29) is 12.1 Å². The lowest BCUT2D eigenvalue weighted by Gasteiger charge is -2.36. The minimum atomic E-state index is -0.0578. The highest BCUT2D eigenvalue weighted by atomic mass is 16.5. The summed E-state index contributed by atoms with van der Waals surface area (Å²) < 4.78 is 6.40. The molecule has 3 rings (SSSR count). The van der Waals surface area contributed by atoms with Crippen LogP contribution in [0, 0.1) is 24.2 Å². The number of hydrogen-bond acceptors (Lipinski definition) is 5. The second-order valence-corrected chi connectivity index (χ2v) is 7.83. The molecule has 28 heavy (non-hydrogen) atoms. The molecule has 5 nitrogen and oxygen atoms in total. The Morgan fingerprint density at radius 1 is 1.21 bits per heavy atom. The summed E-state index contributed by atoms with van der Waals surface area (Å²) in [6.45, 7) is 7.23. The molecular formula is C23H30N4O. The minimum Gasteiger partial charge on any atom is -0.469 e. The second kappa shape index (κ2) is 9.68. The molecule has 5 heteroatoms. The first kappa shape index (κ1) is 20.3. The van der Waals surface area contributed by atoms with Crippen molar-refractivity contribution in [1.29, 1.82) is 5.26 Å². The first-order valence-electron chi connectivity index (χ1n) is 10.1. The number of piperidine rings is 1. The van der Waals surface area contributed by atoms with Crippen molar-refractivity contribution >= 4 is 0 Å². The summed E-state index contributed by atoms with van der Waals surface area (Å²) in [4.78, 5) is 7.03. The van der Waals surface area contributed by atoms with E-state index in [0.717, 1.165) is 50.2 Å². The fourth-order valence-electron chi connectivity index (χ4n) is 3.76. The highest BCUT2D eigenvalue weighted by Gasteiger charge is 2.29. The van der Waals surface area contributed by atoms with Crippen LogP contribution in [0.15, 0.2) is 42.5 Å². The van der Waals surface area contributed by atoms with Crippen molar-refractivity contribution in [2.75, 3.05) is 19.6 Å². The molecule has 148 valence electrons. The van der Waals surface area contributed by atoms with Crippen LogP contribution in [0.25, 0.3) is 0 Å². The van der Waals surface area contributed by atoms with Crippen LogP contribution in [0.4, 0.5) is 0 Å². The molecule has 0 spiro atoms. The number of benzene rings is 1. The average molecular weight is 379 g/mol. The van der Waals surface area contributed by atoms with E-state index < -0.39 is 0 Å². The second-order valence-electron chi connectivity index (χ2n) is 7.83. The number of pyridine rings is 1. The van der Waals surface area contributed by atoms with Gasteiger partial charge in [-0.1, -0.05) is 18.2 Å². The Hall–Kier alpha value is -2.42.